The third-order valence-electron chi connectivity index (χ3n) is 3.38. The van der Waals surface area contributed by atoms with Gasteiger partial charge in [-0.05, 0) is 31.2 Å². The van der Waals surface area contributed by atoms with E-state index in [-0.39, 0.29) is 30.0 Å². The Morgan fingerprint density at radius 2 is 2.00 bits per heavy atom. The van der Waals surface area contributed by atoms with E-state index in [1.54, 1.807) is 0 Å². The molecule has 1 aromatic heterocycles. The smallest absolute Gasteiger partial charge is 0.281 e. The highest BCUT2D eigenvalue weighted by atomic mass is 19.1. The minimum absolute atomic E-state index is 0.0567. The molecular weight excluding hydrogens is 315 g/mol. The van der Waals surface area contributed by atoms with Crippen LogP contribution in [0.15, 0.2) is 39.3 Å². The van der Waals surface area contributed by atoms with Crippen LogP contribution in [0.2, 0.25) is 0 Å². The zero-order valence-corrected chi connectivity index (χ0v) is 13.2. The van der Waals surface area contributed by atoms with Gasteiger partial charge in [-0.2, -0.15) is 10.4 Å². The third kappa shape index (κ3) is 3.47. The van der Waals surface area contributed by atoms with Crippen LogP contribution in [-0.4, -0.2) is 23.4 Å². The number of ether oxygens (including phenoxy) is 1. The molecule has 0 saturated heterocycles. The van der Waals surface area contributed by atoms with Crippen LogP contribution >= 0.6 is 0 Å². The van der Waals surface area contributed by atoms with Crippen molar-refractivity contribution in [3.8, 4) is 11.9 Å². The van der Waals surface area contributed by atoms with Crippen LogP contribution in [0.4, 0.5) is 15.8 Å². The molecule has 0 spiro atoms. The summed E-state index contributed by atoms with van der Waals surface area (Å²) in [5, 5.41) is 27.1. The van der Waals surface area contributed by atoms with E-state index in [1.165, 1.54) is 38.3 Å². The number of halogens is 1. The Morgan fingerprint density at radius 3 is 2.58 bits per heavy atom. The first kappa shape index (κ1) is 17.3. The quantitative estimate of drug-likeness (QED) is 0.852. The van der Waals surface area contributed by atoms with E-state index in [2.05, 4.69) is 10.2 Å². The number of aromatic hydroxyl groups is 1. The van der Waals surface area contributed by atoms with Crippen molar-refractivity contribution in [2.45, 2.75) is 13.5 Å². The topological polar surface area (TPSA) is 100.0 Å². The Bertz CT molecular complexity index is 867. The van der Waals surface area contributed by atoms with Gasteiger partial charge in [0.15, 0.2) is 5.69 Å². The third-order valence-corrected chi connectivity index (χ3v) is 3.38. The summed E-state index contributed by atoms with van der Waals surface area (Å²) in [6.45, 7) is 1.74. The number of hydrogen-bond donors (Lipinski definition) is 1. The molecule has 0 unspecified atom stereocenters. The molecule has 0 aliphatic carbocycles. The molecule has 7 nitrogen and oxygen atoms in total. The monoisotopic (exact) mass is 330 g/mol. The number of pyridine rings is 1. The van der Waals surface area contributed by atoms with E-state index < -0.39 is 17.3 Å². The first-order valence-corrected chi connectivity index (χ1v) is 7.02. The first-order valence-electron chi connectivity index (χ1n) is 7.02. The fourth-order valence-corrected chi connectivity index (χ4v) is 2.06. The normalized spacial score (nSPS) is 10.9. The maximum Gasteiger partial charge on any atom is 0.281 e. The van der Waals surface area contributed by atoms with Crippen molar-refractivity contribution >= 4 is 11.4 Å². The second-order valence-corrected chi connectivity index (χ2v) is 4.91. The molecule has 1 heterocycles. The van der Waals surface area contributed by atoms with Gasteiger partial charge in [0.1, 0.15) is 17.4 Å². The first-order chi connectivity index (χ1) is 11.5. The number of methoxy groups -OCH3 is 1. The van der Waals surface area contributed by atoms with Gasteiger partial charge in [-0.1, -0.05) is 0 Å². The summed E-state index contributed by atoms with van der Waals surface area (Å²) in [7, 11) is 1.45. The molecule has 0 radical (unpaired) electrons. The van der Waals surface area contributed by atoms with Crippen LogP contribution < -0.4 is 5.56 Å². The van der Waals surface area contributed by atoms with Crippen molar-refractivity contribution < 1.29 is 14.2 Å². The van der Waals surface area contributed by atoms with Gasteiger partial charge in [0.25, 0.3) is 5.56 Å². The predicted molar refractivity (Wildman–Crippen MR) is 84.3 cm³/mol. The van der Waals surface area contributed by atoms with E-state index in [1.807, 2.05) is 6.07 Å². The van der Waals surface area contributed by atoms with Crippen molar-refractivity contribution in [3.05, 3.63) is 51.6 Å². The molecular formula is C16H15FN4O3. The van der Waals surface area contributed by atoms with Crippen LogP contribution in [0.5, 0.6) is 5.88 Å². The second-order valence-electron chi connectivity index (χ2n) is 4.91. The molecule has 24 heavy (non-hydrogen) atoms. The van der Waals surface area contributed by atoms with E-state index >= 15 is 0 Å². The molecule has 0 aliphatic heterocycles. The Morgan fingerprint density at radius 1 is 1.33 bits per heavy atom. The molecule has 0 fully saturated rings. The van der Waals surface area contributed by atoms with Crippen molar-refractivity contribution in [2.24, 2.45) is 10.2 Å². The van der Waals surface area contributed by atoms with E-state index in [4.69, 9.17) is 4.74 Å². The summed E-state index contributed by atoms with van der Waals surface area (Å²) >= 11 is 0. The summed E-state index contributed by atoms with van der Waals surface area (Å²) in [6, 6.07) is 7.10. The van der Waals surface area contributed by atoms with Gasteiger partial charge in [0, 0.05) is 12.7 Å². The van der Waals surface area contributed by atoms with Gasteiger partial charge in [-0.15, -0.1) is 5.11 Å². The second kappa shape index (κ2) is 7.48. The standard InChI is InChI=1S/C16H15FN4O3/c1-10-13(9-18)15(22)21(7-8-24-2)16(23)14(10)20-19-12-5-3-11(17)4-6-12/h3-6,22H,7-8H2,1-2H3. The van der Waals surface area contributed by atoms with Crippen molar-refractivity contribution in [2.75, 3.05) is 13.7 Å². The van der Waals surface area contributed by atoms with E-state index in [0.717, 1.165) is 4.57 Å². The molecule has 0 bridgehead atoms. The zero-order valence-electron chi connectivity index (χ0n) is 13.2. The maximum atomic E-state index is 12.9. The van der Waals surface area contributed by atoms with Crippen molar-refractivity contribution in [1.82, 2.24) is 4.57 Å². The van der Waals surface area contributed by atoms with Crippen LogP contribution in [0.25, 0.3) is 0 Å². The van der Waals surface area contributed by atoms with Crippen LogP contribution in [0.3, 0.4) is 0 Å². The molecule has 124 valence electrons. The van der Waals surface area contributed by atoms with Crippen molar-refractivity contribution in [1.29, 1.82) is 5.26 Å². The zero-order chi connectivity index (χ0) is 17.7. The molecule has 0 amide bonds. The number of nitriles is 1. The highest BCUT2D eigenvalue weighted by molar-refractivity contribution is 5.56. The lowest BCUT2D eigenvalue weighted by molar-refractivity contribution is 0.182. The molecule has 2 aromatic rings. The number of azo groups is 1. The fraction of sp³-hybridized carbons (Fsp3) is 0.250. The minimum Gasteiger partial charge on any atom is -0.493 e. The minimum atomic E-state index is -0.591. The number of hydrogen-bond acceptors (Lipinski definition) is 6. The molecule has 0 saturated carbocycles. The summed E-state index contributed by atoms with van der Waals surface area (Å²) in [4.78, 5) is 12.5. The number of rotatable bonds is 5. The highest BCUT2D eigenvalue weighted by Gasteiger charge is 2.18. The average Bonchev–Trinajstić information content (AvgIpc) is 2.57. The number of aromatic nitrogens is 1. The summed E-state index contributed by atoms with van der Waals surface area (Å²) in [5.41, 5.74) is -0.139. The molecule has 1 aromatic carbocycles. The lowest BCUT2D eigenvalue weighted by Crippen LogP contribution is -2.23. The fourth-order valence-electron chi connectivity index (χ4n) is 2.06. The van der Waals surface area contributed by atoms with Gasteiger partial charge in [-0.3, -0.25) is 9.36 Å². The summed E-state index contributed by atoms with van der Waals surface area (Å²) in [6.07, 6.45) is 0. The maximum absolute atomic E-state index is 12.9. The van der Waals surface area contributed by atoms with Gasteiger partial charge < -0.3 is 9.84 Å². The largest absolute Gasteiger partial charge is 0.493 e. The van der Waals surface area contributed by atoms with E-state index in [0.29, 0.717) is 5.69 Å². The number of nitrogens with zero attached hydrogens (tertiary/aromatic N) is 4. The molecule has 1 N–H and O–H groups in total. The van der Waals surface area contributed by atoms with Gasteiger partial charge in [0.2, 0.25) is 5.88 Å². The van der Waals surface area contributed by atoms with Crippen LogP contribution in [0, 0.1) is 24.1 Å². The van der Waals surface area contributed by atoms with Crippen LogP contribution in [-0.2, 0) is 11.3 Å². The highest BCUT2D eigenvalue weighted by Crippen LogP contribution is 2.26. The van der Waals surface area contributed by atoms with Gasteiger partial charge >= 0.3 is 0 Å². The summed E-state index contributed by atoms with van der Waals surface area (Å²) in [5.74, 6) is -0.846. The lowest BCUT2D eigenvalue weighted by atomic mass is 10.1. The Labute approximate surface area is 137 Å². The Kier molecular flexibility index (Phi) is 5.39. The summed E-state index contributed by atoms with van der Waals surface area (Å²) < 4.78 is 18.8. The number of benzene rings is 1. The lowest BCUT2D eigenvalue weighted by Gasteiger charge is -2.12. The predicted octanol–water partition coefficient (Wildman–Crippen LogP) is 2.93. The van der Waals surface area contributed by atoms with Gasteiger partial charge in [-0.25, -0.2) is 4.39 Å². The molecule has 8 heteroatoms. The molecule has 0 aliphatic rings. The SMILES string of the molecule is COCCn1c(O)c(C#N)c(C)c(N=Nc2ccc(F)cc2)c1=O. The molecule has 0 atom stereocenters. The van der Waals surface area contributed by atoms with Gasteiger partial charge in [0.05, 0.1) is 18.8 Å². The van der Waals surface area contributed by atoms with Crippen LogP contribution in [0.1, 0.15) is 11.1 Å². The Hall–Kier alpha value is -3.05. The molecule has 2 rings (SSSR count). The average molecular weight is 330 g/mol. The Balaban J connectivity index is 2.54. The van der Waals surface area contributed by atoms with E-state index in [9.17, 15) is 19.6 Å². The van der Waals surface area contributed by atoms with Crippen molar-refractivity contribution in [3.63, 3.8) is 0 Å².